The van der Waals surface area contributed by atoms with Gasteiger partial charge in [0.2, 0.25) is 0 Å². The van der Waals surface area contributed by atoms with E-state index in [9.17, 15) is 9.59 Å². The largest absolute Gasteiger partial charge is 0.445 e. The molecule has 0 N–H and O–H groups in total. The van der Waals surface area contributed by atoms with Gasteiger partial charge in [0.05, 0.1) is 0 Å². The number of carbonyl (C=O) groups is 2. The summed E-state index contributed by atoms with van der Waals surface area (Å²) in [7, 11) is 0. The summed E-state index contributed by atoms with van der Waals surface area (Å²) in [5, 5.41) is 0. The highest BCUT2D eigenvalue weighted by molar-refractivity contribution is 5.87. The summed E-state index contributed by atoms with van der Waals surface area (Å²) in [6.45, 7) is 3.88. The van der Waals surface area contributed by atoms with Crippen molar-refractivity contribution in [2.45, 2.75) is 58.2 Å². The van der Waals surface area contributed by atoms with Gasteiger partial charge in [0.25, 0.3) is 0 Å². The number of amides is 1. The summed E-state index contributed by atoms with van der Waals surface area (Å²) in [5.41, 5.74) is 0.985. The maximum Gasteiger partial charge on any atom is 0.410 e. The van der Waals surface area contributed by atoms with Gasteiger partial charge < -0.3 is 9.64 Å². The van der Waals surface area contributed by atoms with Gasteiger partial charge in [-0.2, -0.15) is 0 Å². The molecule has 0 bridgehead atoms. The topological polar surface area (TPSA) is 46.6 Å². The molecule has 0 aromatic heterocycles. The number of benzene rings is 1. The van der Waals surface area contributed by atoms with Crippen LogP contribution < -0.4 is 0 Å². The zero-order valence-corrected chi connectivity index (χ0v) is 13.9. The van der Waals surface area contributed by atoms with Gasteiger partial charge >= 0.3 is 6.09 Å². The molecule has 1 aromatic rings. The number of piperidine rings is 1. The van der Waals surface area contributed by atoms with E-state index < -0.39 is 0 Å². The molecule has 0 saturated carbocycles. The molecule has 0 unspecified atom stereocenters. The van der Waals surface area contributed by atoms with E-state index in [2.05, 4.69) is 6.92 Å². The van der Waals surface area contributed by atoms with Crippen LogP contribution in [0.3, 0.4) is 0 Å². The third-order valence-corrected chi connectivity index (χ3v) is 4.20. The number of ketones is 1. The lowest BCUT2D eigenvalue weighted by molar-refractivity contribution is -0.112. The molecule has 1 amide bonds. The summed E-state index contributed by atoms with van der Waals surface area (Å²) >= 11 is 0. The van der Waals surface area contributed by atoms with E-state index in [0.717, 1.165) is 24.8 Å². The number of nitrogens with zero attached hydrogens (tertiary/aromatic N) is 1. The third-order valence-electron chi connectivity index (χ3n) is 4.20. The first-order chi connectivity index (χ1) is 11.1. The van der Waals surface area contributed by atoms with Crippen molar-refractivity contribution in [3.63, 3.8) is 0 Å². The first-order valence-electron chi connectivity index (χ1n) is 8.24. The van der Waals surface area contributed by atoms with Crippen molar-refractivity contribution in [2.24, 2.45) is 0 Å². The summed E-state index contributed by atoms with van der Waals surface area (Å²) in [6.07, 6.45) is 6.92. The van der Waals surface area contributed by atoms with Gasteiger partial charge in [0.1, 0.15) is 6.61 Å². The van der Waals surface area contributed by atoms with Crippen LogP contribution in [0.25, 0.3) is 0 Å². The first-order valence-corrected chi connectivity index (χ1v) is 8.24. The molecule has 1 aliphatic rings. The minimum absolute atomic E-state index is 0.0343. The second kappa shape index (κ2) is 8.51. The standard InChI is InChI=1S/C19H25NO3/c1-15-8-6-12-18(13-7-9-16(2)21)20(15)19(22)23-14-17-10-4-3-5-11-17/h3-5,7,9-11,15,18H,6,8,12-14H2,1-2H3/b9-7+/t15-,18-/m0/s1. The fourth-order valence-electron chi connectivity index (χ4n) is 3.03. The summed E-state index contributed by atoms with van der Waals surface area (Å²) in [4.78, 5) is 25.4. The number of hydrogen-bond acceptors (Lipinski definition) is 3. The van der Waals surface area contributed by atoms with Crippen LogP contribution in [0.2, 0.25) is 0 Å². The Hall–Kier alpha value is -2.10. The Morgan fingerprint density at radius 1 is 1.26 bits per heavy atom. The van der Waals surface area contributed by atoms with Crippen molar-refractivity contribution in [1.29, 1.82) is 0 Å². The van der Waals surface area contributed by atoms with Crippen molar-refractivity contribution < 1.29 is 14.3 Å². The SMILES string of the molecule is CC(=O)/C=C/C[C@@H]1CCC[C@H](C)N1C(=O)OCc1ccccc1. The Morgan fingerprint density at radius 2 is 2.00 bits per heavy atom. The highest BCUT2D eigenvalue weighted by atomic mass is 16.6. The van der Waals surface area contributed by atoms with Crippen molar-refractivity contribution in [1.82, 2.24) is 4.90 Å². The Kier molecular flexibility index (Phi) is 6.39. The molecule has 1 aromatic carbocycles. The fraction of sp³-hybridized carbons (Fsp3) is 0.474. The van der Waals surface area contributed by atoms with Crippen LogP contribution in [-0.2, 0) is 16.1 Å². The van der Waals surface area contributed by atoms with Gasteiger partial charge in [0, 0.05) is 12.1 Å². The molecule has 124 valence electrons. The lowest BCUT2D eigenvalue weighted by Gasteiger charge is -2.39. The van der Waals surface area contributed by atoms with E-state index in [0.29, 0.717) is 13.0 Å². The molecular formula is C19H25NO3. The molecule has 4 nitrogen and oxygen atoms in total. The normalized spacial score (nSPS) is 21.4. The van der Waals surface area contributed by atoms with Crippen LogP contribution >= 0.6 is 0 Å². The average molecular weight is 315 g/mol. The molecule has 0 radical (unpaired) electrons. The van der Waals surface area contributed by atoms with E-state index >= 15 is 0 Å². The lowest BCUT2D eigenvalue weighted by Crippen LogP contribution is -2.48. The second-order valence-corrected chi connectivity index (χ2v) is 6.13. The van der Waals surface area contributed by atoms with Crippen LogP contribution in [-0.4, -0.2) is 28.9 Å². The van der Waals surface area contributed by atoms with Gasteiger partial charge in [-0.1, -0.05) is 36.4 Å². The Bertz CT molecular complexity index is 553. The number of rotatable bonds is 5. The number of allylic oxidation sites excluding steroid dienone is 1. The molecule has 1 aliphatic heterocycles. The lowest BCUT2D eigenvalue weighted by atomic mass is 9.94. The van der Waals surface area contributed by atoms with Crippen molar-refractivity contribution in [2.75, 3.05) is 0 Å². The number of carbonyl (C=O) groups excluding carboxylic acids is 2. The fourth-order valence-corrected chi connectivity index (χ4v) is 3.03. The summed E-state index contributed by atoms with van der Waals surface area (Å²) in [5.74, 6) is 0.0343. The van der Waals surface area contributed by atoms with Crippen LogP contribution in [0.1, 0.15) is 45.1 Å². The molecule has 2 rings (SSSR count). The zero-order chi connectivity index (χ0) is 16.7. The van der Waals surface area contributed by atoms with Crippen LogP contribution in [0.5, 0.6) is 0 Å². The third kappa shape index (κ3) is 5.23. The molecule has 0 aliphatic carbocycles. The monoisotopic (exact) mass is 315 g/mol. The van der Waals surface area contributed by atoms with Crippen LogP contribution in [0, 0.1) is 0 Å². The van der Waals surface area contributed by atoms with Gasteiger partial charge in [0.15, 0.2) is 5.78 Å². The van der Waals surface area contributed by atoms with E-state index in [1.54, 1.807) is 6.08 Å². The Labute approximate surface area is 138 Å². The predicted molar refractivity (Wildman–Crippen MR) is 90.0 cm³/mol. The Morgan fingerprint density at radius 3 is 2.70 bits per heavy atom. The predicted octanol–water partition coefficient (Wildman–Crippen LogP) is 4.10. The summed E-state index contributed by atoms with van der Waals surface area (Å²) < 4.78 is 5.49. The molecule has 1 fully saturated rings. The quantitative estimate of drug-likeness (QED) is 0.768. The molecule has 1 heterocycles. The van der Waals surface area contributed by atoms with Gasteiger partial charge in [-0.15, -0.1) is 0 Å². The molecule has 1 saturated heterocycles. The van der Waals surface area contributed by atoms with Crippen molar-refractivity contribution >= 4 is 11.9 Å². The maximum atomic E-state index is 12.5. The zero-order valence-electron chi connectivity index (χ0n) is 13.9. The maximum absolute atomic E-state index is 12.5. The average Bonchev–Trinajstić information content (AvgIpc) is 2.53. The van der Waals surface area contributed by atoms with Gasteiger partial charge in [-0.3, -0.25) is 4.79 Å². The molecule has 2 atom stereocenters. The minimum atomic E-state index is -0.262. The van der Waals surface area contributed by atoms with Gasteiger partial charge in [-0.05, 0) is 51.2 Å². The van der Waals surface area contributed by atoms with Crippen molar-refractivity contribution in [3.8, 4) is 0 Å². The molecule has 0 spiro atoms. The number of ether oxygens (including phenoxy) is 1. The smallest absolute Gasteiger partial charge is 0.410 e. The van der Waals surface area contributed by atoms with E-state index in [1.807, 2.05) is 41.3 Å². The Balaban J connectivity index is 1.96. The minimum Gasteiger partial charge on any atom is -0.445 e. The van der Waals surface area contributed by atoms with E-state index in [1.165, 1.54) is 6.92 Å². The highest BCUT2D eigenvalue weighted by Crippen LogP contribution is 2.26. The summed E-state index contributed by atoms with van der Waals surface area (Å²) in [6, 6.07) is 9.97. The van der Waals surface area contributed by atoms with Crippen LogP contribution in [0.4, 0.5) is 4.79 Å². The van der Waals surface area contributed by atoms with Crippen LogP contribution in [0.15, 0.2) is 42.5 Å². The van der Waals surface area contributed by atoms with Gasteiger partial charge in [-0.25, -0.2) is 4.79 Å². The van der Waals surface area contributed by atoms with E-state index in [-0.39, 0.29) is 24.0 Å². The molecular weight excluding hydrogens is 290 g/mol. The second-order valence-electron chi connectivity index (χ2n) is 6.13. The van der Waals surface area contributed by atoms with Crippen molar-refractivity contribution in [3.05, 3.63) is 48.0 Å². The first kappa shape index (κ1) is 17.3. The number of hydrogen-bond donors (Lipinski definition) is 0. The number of likely N-dealkylation sites (tertiary alicyclic amines) is 1. The molecule has 4 heteroatoms. The van der Waals surface area contributed by atoms with E-state index in [4.69, 9.17) is 4.74 Å². The molecule has 23 heavy (non-hydrogen) atoms. The highest BCUT2D eigenvalue weighted by Gasteiger charge is 2.32.